The third-order valence-electron chi connectivity index (χ3n) is 4.66. The van der Waals surface area contributed by atoms with Crippen LogP contribution in [-0.2, 0) is 19.1 Å². The van der Waals surface area contributed by atoms with Gasteiger partial charge in [0.25, 0.3) is 0 Å². The normalized spacial score (nSPS) is 32.2. The van der Waals surface area contributed by atoms with Crippen molar-refractivity contribution in [2.45, 2.75) is 51.9 Å². The lowest BCUT2D eigenvalue weighted by Crippen LogP contribution is -2.51. The quantitative estimate of drug-likeness (QED) is 0.349. The van der Waals surface area contributed by atoms with E-state index in [0.717, 1.165) is 5.57 Å². The number of nitrogens with one attached hydrogen (secondary N) is 1. The van der Waals surface area contributed by atoms with Gasteiger partial charge in [-0.2, -0.15) is 0 Å². The van der Waals surface area contributed by atoms with E-state index in [9.17, 15) is 19.5 Å². The lowest BCUT2D eigenvalue weighted by atomic mass is 9.82. The Hall–Kier alpha value is -2.21. The lowest BCUT2D eigenvalue weighted by molar-refractivity contribution is -0.138. The summed E-state index contributed by atoms with van der Waals surface area (Å²) in [5.41, 5.74) is 1.44. The Labute approximate surface area is 147 Å². The van der Waals surface area contributed by atoms with Gasteiger partial charge in [0.15, 0.2) is 0 Å². The highest BCUT2D eigenvalue weighted by atomic mass is 16.6. The minimum Gasteiger partial charge on any atom is -0.454 e. The number of aliphatic hydroxyl groups excluding tert-OH is 1. The number of esters is 1. The molecule has 6 nitrogen and oxygen atoms in total. The number of carbonyl (C=O) groups is 3. The molecule has 0 spiro atoms. The van der Waals surface area contributed by atoms with Crippen molar-refractivity contribution < 1.29 is 24.2 Å². The van der Waals surface area contributed by atoms with Crippen molar-refractivity contribution in [3.05, 3.63) is 35.5 Å². The van der Waals surface area contributed by atoms with Gasteiger partial charge < -0.3 is 15.2 Å². The molecule has 1 saturated heterocycles. The summed E-state index contributed by atoms with van der Waals surface area (Å²) < 4.78 is 5.32. The summed E-state index contributed by atoms with van der Waals surface area (Å²) >= 11 is 0. The maximum absolute atomic E-state index is 12.2. The highest BCUT2D eigenvalue weighted by Gasteiger charge is 2.45. The Kier molecular flexibility index (Phi) is 5.95. The smallest absolute Gasteiger partial charge is 0.334 e. The van der Waals surface area contributed by atoms with E-state index < -0.39 is 30.1 Å². The zero-order valence-corrected chi connectivity index (χ0v) is 14.8. The molecule has 25 heavy (non-hydrogen) atoms. The Morgan fingerprint density at radius 2 is 2.16 bits per heavy atom. The van der Waals surface area contributed by atoms with Crippen molar-refractivity contribution >= 4 is 18.2 Å². The van der Waals surface area contributed by atoms with Crippen LogP contribution >= 0.6 is 0 Å². The van der Waals surface area contributed by atoms with Gasteiger partial charge in [0, 0.05) is 17.1 Å². The molecule has 0 aromatic rings. The molecule has 1 aliphatic heterocycles. The van der Waals surface area contributed by atoms with Gasteiger partial charge in [-0.05, 0) is 25.8 Å². The molecule has 1 amide bonds. The monoisotopic (exact) mass is 347 g/mol. The number of aliphatic hydroxyl groups is 1. The van der Waals surface area contributed by atoms with Gasteiger partial charge in [-0.15, -0.1) is 0 Å². The summed E-state index contributed by atoms with van der Waals surface area (Å²) in [5, 5.41) is 13.7. The van der Waals surface area contributed by atoms with Crippen LogP contribution in [0.5, 0.6) is 0 Å². The molecule has 2 unspecified atom stereocenters. The van der Waals surface area contributed by atoms with Gasteiger partial charge in [-0.25, -0.2) is 4.79 Å². The van der Waals surface area contributed by atoms with Crippen molar-refractivity contribution in [2.75, 3.05) is 0 Å². The predicted molar refractivity (Wildman–Crippen MR) is 92.4 cm³/mol. The SMILES string of the molecule is C=C1C(=O)OC2/C=C(\C)CCC=C(C=O)C(NC(=O)C(C)C)[C@@H](O)[C@H]12. The molecular formula is C19H25NO5. The summed E-state index contributed by atoms with van der Waals surface area (Å²) in [6, 6.07) is -0.919. The standard InChI is InChI=1S/C19H25NO5/c1-10(2)18(23)20-16-13(9-21)7-5-6-11(3)8-14-15(17(16)22)12(4)19(24)25-14/h7-10,14-17,22H,4-6H2,1-3H3,(H,20,23)/b11-8+,13-7?/t14?,15-,16?,17+/m1/s1. The van der Waals surface area contributed by atoms with E-state index in [-0.39, 0.29) is 17.4 Å². The molecule has 1 aliphatic carbocycles. The number of ether oxygens (including phenoxy) is 1. The summed E-state index contributed by atoms with van der Waals surface area (Å²) in [6.07, 6.45) is 3.59. The van der Waals surface area contributed by atoms with Crippen molar-refractivity contribution in [2.24, 2.45) is 11.8 Å². The highest BCUT2D eigenvalue weighted by molar-refractivity contribution is 5.91. The first-order valence-electron chi connectivity index (χ1n) is 8.47. The first-order chi connectivity index (χ1) is 11.8. The zero-order valence-electron chi connectivity index (χ0n) is 14.8. The van der Waals surface area contributed by atoms with E-state index in [1.807, 2.05) is 13.0 Å². The van der Waals surface area contributed by atoms with Gasteiger partial charge in [-0.1, -0.05) is 32.1 Å². The molecular weight excluding hydrogens is 322 g/mol. The number of hydrogen-bond acceptors (Lipinski definition) is 5. The van der Waals surface area contributed by atoms with Crippen LogP contribution in [0.15, 0.2) is 35.5 Å². The van der Waals surface area contributed by atoms with Crippen LogP contribution in [0, 0.1) is 11.8 Å². The molecule has 4 atom stereocenters. The molecule has 2 aliphatic rings. The van der Waals surface area contributed by atoms with Crippen LogP contribution < -0.4 is 5.32 Å². The minimum atomic E-state index is -1.20. The summed E-state index contributed by atoms with van der Waals surface area (Å²) in [4.78, 5) is 35.7. The molecule has 0 aromatic heterocycles. The molecule has 1 heterocycles. The van der Waals surface area contributed by atoms with Gasteiger partial charge >= 0.3 is 5.97 Å². The third-order valence-corrected chi connectivity index (χ3v) is 4.66. The molecule has 0 aromatic carbocycles. The molecule has 1 fully saturated rings. The molecule has 136 valence electrons. The summed E-state index contributed by atoms with van der Waals surface area (Å²) in [7, 11) is 0. The van der Waals surface area contributed by atoms with Crippen LogP contribution in [0.3, 0.4) is 0 Å². The number of allylic oxidation sites excluding steroid dienone is 2. The molecule has 0 bridgehead atoms. The molecule has 6 heteroatoms. The van der Waals surface area contributed by atoms with Crippen molar-refractivity contribution in [1.82, 2.24) is 5.32 Å². The largest absolute Gasteiger partial charge is 0.454 e. The lowest BCUT2D eigenvalue weighted by Gasteiger charge is -2.31. The minimum absolute atomic E-state index is 0.149. The fourth-order valence-electron chi connectivity index (χ4n) is 3.12. The number of carbonyl (C=O) groups excluding carboxylic acids is 3. The summed E-state index contributed by atoms with van der Waals surface area (Å²) in [5.74, 6) is -1.88. The van der Waals surface area contributed by atoms with E-state index in [0.29, 0.717) is 24.7 Å². The number of amides is 1. The van der Waals surface area contributed by atoms with E-state index in [1.165, 1.54) is 0 Å². The van der Waals surface area contributed by atoms with Gasteiger partial charge in [-0.3, -0.25) is 9.59 Å². The van der Waals surface area contributed by atoms with E-state index >= 15 is 0 Å². The van der Waals surface area contributed by atoms with Crippen LogP contribution in [0.2, 0.25) is 0 Å². The zero-order chi connectivity index (χ0) is 18.7. The number of fused-ring (bicyclic) bond motifs is 1. The van der Waals surface area contributed by atoms with E-state index in [4.69, 9.17) is 4.74 Å². The first-order valence-corrected chi connectivity index (χ1v) is 8.47. The predicted octanol–water partition coefficient (Wildman–Crippen LogP) is 1.45. The van der Waals surface area contributed by atoms with Crippen LogP contribution in [-0.4, -0.2) is 41.5 Å². The topological polar surface area (TPSA) is 92.7 Å². The second-order valence-electron chi connectivity index (χ2n) is 6.93. The average molecular weight is 347 g/mol. The average Bonchev–Trinajstić information content (AvgIpc) is 2.82. The summed E-state index contributed by atoms with van der Waals surface area (Å²) in [6.45, 7) is 9.09. The Morgan fingerprint density at radius 1 is 1.48 bits per heavy atom. The molecule has 0 saturated carbocycles. The maximum atomic E-state index is 12.2. The third kappa shape index (κ3) is 4.07. The van der Waals surface area contributed by atoms with Crippen molar-refractivity contribution in [3.8, 4) is 0 Å². The second-order valence-corrected chi connectivity index (χ2v) is 6.93. The molecule has 2 rings (SSSR count). The van der Waals surface area contributed by atoms with Crippen LogP contribution in [0.25, 0.3) is 0 Å². The van der Waals surface area contributed by atoms with Crippen molar-refractivity contribution in [3.63, 3.8) is 0 Å². The van der Waals surface area contributed by atoms with Gasteiger partial charge in [0.2, 0.25) is 5.91 Å². The number of hydrogen-bond donors (Lipinski definition) is 2. The van der Waals surface area contributed by atoms with Crippen LogP contribution in [0.1, 0.15) is 33.6 Å². The number of aldehydes is 1. The van der Waals surface area contributed by atoms with Crippen molar-refractivity contribution in [1.29, 1.82) is 0 Å². The second kappa shape index (κ2) is 7.78. The Morgan fingerprint density at radius 3 is 2.76 bits per heavy atom. The van der Waals surface area contributed by atoms with Gasteiger partial charge in [0.1, 0.15) is 12.4 Å². The molecule has 0 radical (unpaired) electrons. The van der Waals surface area contributed by atoms with E-state index in [2.05, 4.69) is 11.9 Å². The number of rotatable bonds is 3. The van der Waals surface area contributed by atoms with E-state index in [1.54, 1.807) is 19.9 Å². The maximum Gasteiger partial charge on any atom is 0.334 e. The Bertz CT molecular complexity index is 646. The fourth-order valence-corrected chi connectivity index (χ4v) is 3.12. The Balaban J connectivity index is 2.46. The molecule has 2 N–H and O–H groups in total. The fraction of sp³-hybridized carbons (Fsp3) is 0.526. The highest BCUT2D eigenvalue weighted by Crippen LogP contribution is 2.34. The van der Waals surface area contributed by atoms with Gasteiger partial charge in [0.05, 0.1) is 18.1 Å². The first kappa shape index (κ1) is 19.1. The van der Waals surface area contributed by atoms with Crippen LogP contribution in [0.4, 0.5) is 0 Å².